The molecule has 9 rings (SSSR count). The number of fused-ring (bicyclic) bond motifs is 10. The van der Waals surface area contributed by atoms with E-state index in [1.165, 1.54) is 43.1 Å². The maximum Gasteiger partial charge on any atom is 0.238 e. The molecule has 43 heavy (non-hydrogen) atoms. The first-order valence-corrected chi connectivity index (χ1v) is 14.5. The molecule has 200 valence electrons. The summed E-state index contributed by atoms with van der Waals surface area (Å²) in [6.45, 7) is 0. The third-order valence-corrected chi connectivity index (χ3v) is 8.41. The number of nitrogens with zero attached hydrogens (tertiary/aromatic N) is 4. The van der Waals surface area contributed by atoms with Crippen molar-refractivity contribution in [3.8, 4) is 28.7 Å². The summed E-state index contributed by atoms with van der Waals surface area (Å²) in [6, 6.07) is 50.8. The molecule has 0 saturated carbocycles. The van der Waals surface area contributed by atoms with Crippen LogP contribution in [-0.2, 0) is 0 Å². The lowest BCUT2D eigenvalue weighted by Crippen LogP contribution is -2.06. The van der Waals surface area contributed by atoms with Gasteiger partial charge in [0, 0.05) is 32.7 Å². The van der Waals surface area contributed by atoms with Gasteiger partial charge in [-0.1, -0.05) is 140 Å². The standard InChI is InChI=1S/C39H24N4/c1-3-14-26(15-4-1)37-40-38(27-16-5-2-6-17-27)42-39(41-37)43-33-22-12-11-21-32(33)35-34-28-18-8-7-13-25(28)23-24-30(34)29-19-9-10-20-31(29)36(35)43/h1-24H. The van der Waals surface area contributed by atoms with Crippen molar-refractivity contribution in [3.63, 3.8) is 0 Å². The molecule has 0 bridgehead atoms. The molecule has 0 atom stereocenters. The zero-order chi connectivity index (χ0) is 28.3. The minimum atomic E-state index is 0.601. The lowest BCUT2D eigenvalue weighted by atomic mass is 9.93. The Bertz CT molecular complexity index is 2440. The molecule has 2 heterocycles. The van der Waals surface area contributed by atoms with Gasteiger partial charge < -0.3 is 0 Å². The molecule has 0 spiro atoms. The van der Waals surface area contributed by atoms with Gasteiger partial charge in [-0.05, 0) is 27.6 Å². The molecule has 0 unspecified atom stereocenters. The molecule has 0 aliphatic rings. The van der Waals surface area contributed by atoms with E-state index in [0.29, 0.717) is 17.6 Å². The molecule has 0 aliphatic carbocycles. The van der Waals surface area contributed by atoms with Crippen LogP contribution in [0.25, 0.3) is 82.8 Å². The first-order valence-electron chi connectivity index (χ1n) is 14.5. The Kier molecular flexibility index (Phi) is 5.16. The van der Waals surface area contributed by atoms with Gasteiger partial charge in [0.25, 0.3) is 0 Å². The molecule has 0 saturated heterocycles. The zero-order valence-corrected chi connectivity index (χ0v) is 23.1. The highest BCUT2D eigenvalue weighted by Gasteiger charge is 2.22. The SMILES string of the molecule is c1ccc(-c2nc(-c3ccccc3)nc(-n3c4ccccc4c4c5c6ccccc6ccc5c5ccccc5c43)n2)cc1. The smallest absolute Gasteiger partial charge is 0.238 e. The normalized spacial score (nSPS) is 11.7. The fourth-order valence-electron chi connectivity index (χ4n) is 6.54. The molecule has 0 aliphatic heterocycles. The van der Waals surface area contributed by atoms with E-state index in [-0.39, 0.29) is 0 Å². The van der Waals surface area contributed by atoms with Crippen LogP contribution in [0, 0.1) is 0 Å². The van der Waals surface area contributed by atoms with Crippen molar-refractivity contribution >= 4 is 54.1 Å². The molecular formula is C39H24N4. The van der Waals surface area contributed by atoms with Gasteiger partial charge in [-0.15, -0.1) is 0 Å². The Balaban J connectivity index is 1.51. The van der Waals surface area contributed by atoms with Crippen LogP contribution in [0.1, 0.15) is 0 Å². The molecule has 0 amide bonds. The van der Waals surface area contributed by atoms with Gasteiger partial charge in [-0.25, -0.2) is 4.98 Å². The number of benzene rings is 7. The summed E-state index contributed by atoms with van der Waals surface area (Å²) in [7, 11) is 0. The molecule has 4 nitrogen and oxygen atoms in total. The molecule has 4 heteroatoms. The van der Waals surface area contributed by atoms with Crippen molar-refractivity contribution in [3.05, 3.63) is 146 Å². The van der Waals surface area contributed by atoms with Crippen LogP contribution < -0.4 is 0 Å². The van der Waals surface area contributed by atoms with Crippen LogP contribution in [0.4, 0.5) is 0 Å². The second-order valence-corrected chi connectivity index (χ2v) is 10.8. The lowest BCUT2D eigenvalue weighted by molar-refractivity contribution is 0.955. The minimum absolute atomic E-state index is 0.601. The topological polar surface area (TPSA) is 43.6 Å². The fourth-order valence-corrected chi connectivity index (χ4v) is 6.54. The summed E-state index contributed by atoms with van der Waals surface area (Å²) < 4.78 is 2.24. The van der Waals surface area contributed by atoms with E-state index in [1.54, 1.807) is 0 Å². The monoisotopic (exact) mass is 548 g/mol. The number of para-hydroxylation sites is 1. The van der Waals surface area contributed by atoms with E-state index in [0.717, 1.165) is 22.2 Å². The molecule has 0 radical (unpaired) electrons. The second kappa shape index (κ2) is 9.33. The molecule has 9 aromatic rings. The fraction of sp³-hybridized carbons (Fsp3) is 0. The lowest BCUT2D eigenvalue weighted by Gasteiger charge is -2.14. The Morgan fingerprint density at radius 1 is 0.372 bits per heavy atom. The first kappa shape index (κ1) is 23.8. The Morgan fingerprint density at radius 3 is 1.63 bits per heavy atom. The van der Waals surface area contributed by atoms with Crippen molar-refractivity contribution in [2.24, 2.45) is 0 Å². The summed E-state index contributed by atoms with van der Waals surface area (Å²) >= 11 is 0. The van der Waals surface area contributed by atoms with Crippen LogP contribution in [0.15, 0.2) is 146 Å². The summed E-state index contributed by atoms with van der Waals surface area (Å²) in [4.78, 5) is 15.3. The maximum absolute atomic E-state index is 5.16. The maximum atomic E-state index is 5.16. The van der Waals surface area contributed by atoms with Gasteiger partial charge in [0.05, 0.1) is 11.0 Å². The number of hydrogen-bond acceptors (Lipinski definition) is 3. The average molecular weight is 549 g/mol. The number of hydrogen-bond donors (Lipinski definition) is 0. The predicted octanol–water partition coefficient (Wildman–Crippen LogP) is 9.76. The highest BCUT2D eigenvalue weighted by atomic mass is 15.2. The van der Waals surface area contributed by atoms with Gasteiger partial charge in [0.2, 0.25) is 5.95 Å². The third-order valence-electron chi connectivity index (χ3n) is 8.41. The average Bonchev–Trinajstić information content (AvgIpc) is 3.44. The van der Waals surface area contributed by atoms with Crippen molar-refractivity contribution in [1.82, 2.24) is 19.5 Å². The van der Waals surface area contributed by atoms with E-state index in [1.807, 2.05) is 36.4 Å². The molecule has 0 N–H and O–H groups in total. The molecule has 2 aromatic heterocycles. The van der Waals surface area contributed by atoms with Crippen LogP contribution in [0.5, 0.6) is 0 Å². The number of rotatable bonds is 3. The van der Waals surface area contributed by atoms with Gasteiger partial charge in [0.1, 0.15) is 0 Å². The number of aromatic nitrogens is 4. The Hall–Kier alpha value is -5.87. The van der Waals surface area contributed by atoms with Crippen LogP contribution in [-0.4, -0.2) is 19.5 Å². The molecule has 0 fully saturated rings. The summed E-state index contributed by atoms with van der Waals surface area (Å²) in [6.07, 6.45) is 0. The highest BCUT2D eigenvalue weighted by Crippen LogP contribution is 2.44. The van der Waals surface area contributed by atoms with E-state index in [4.69, 9.17) is 15.0 Å². The van der Waals surface area contributed by atoms with Gasteiger partial charge >= 0.3 is 0 Å². The summed E-state index contributed by atoms with van der Waals surface area (Å²) in [5, 5.41) is 9.72. The largest absolute Gasteiger partial charge is 0.277 e. The summed E-state index contributed by atoms with van der Waals surface area (Å²) in [5.74, 6) is 1.89. The van der Waals surface area contributed by atoms with Crippen LogP contribution >= 0.6 is 0 Å². The van der Waals surface area contributed by atoms with Crippen molar-refractivity contribution in [2.45, 2.75) is 0 Å². The Morgan fingerprint density at radius 2 is 0.930 bits per heavy atom. The van der Waals surface area contributed by atoms with E-state index >= 15 is 0 Å². The predicted molar refractivity (Wildman–Crippen MR) is 178 cm³/mol. The molecule has 7 aromatic carbocycles. The van der Waals surface area contributed by atoms with E-state index in [2.05, 4.69) is 114 Å². The van der Waals surface area contributed by atoms with Crippen molar-refractivity contribution in [1.29, 1.82) is 0 Å². The Labute approximate surface area is 247 Å². The highest BCUT2D eigenvalue weighted by molar-refractivity contribution is 6.36. The molecular weight excluding hydrogens is 524 g/mol. The van der Waals surface area contributed by atoms with Gasteiger partial charge in [-0.3, -0.25) is 4.57 Å². The van der Waals surface area contributed by atoms with Crippen LogP contribution in [0.3, 0.4) is 0 Å². The van der Waals surface area contributed by atoms with Gasteiger partial charge in [0.15, 0.2) is 11.6 Å². The van der Waals surface area contributed by atoms with E-state index < -0.39 is 0 Å². The van der Waals surface area contributed by atoms with Crippen molar-refractivity contribution < 1.29 is 0 Å². The van der Waals surface area contributed by atoms with Crippen molar-refractivity contribution in [2.75, 3.05) is 0 Å². The third kappa shape index (κ3) is 3.60. The second-order valence-electron chi connectivity index (χ2n) is 10.8. The minimum Gasteiger partial charge on any atom is -0.277 e. The summed E-state index contributed by atoms with van der Waals surface area (Å²) in [5.41, 5.74) is 4.06. The zero-order valence-electron chi connectivity index (χ0n) is 23.1. The van der Waals surface area contributed by atoms with Gasteiger partial charge in [-0.2, -0.15) is 9.97 Å². The quantitative estimate of drug-likeness (QED) is 0.206. The van der Waals surface area contributed by atoms with E-state index in [9.17, 15) is 0 Å². The van der Waals surface area contributed by atoms with Crippen LogP contribution in [0.2, 0.25) is 0 Å². The first-order chi connectivity index (χ1) is 21.3.